The number of hydrogen-bond acceptors (Lipinski definition) is 3. The maximum atomic E-state index is 5.97. The molecule has 4 nitrogen and oxygen atoms in total. The molecule has 5 heteroatoms. The molecule has 2 aromatic heterocycles. The Labute approximate surface area is 90.1 Å². The molecule has 1 aromatic carbocycles. The largest absolute Gasteiger partial charge is 0.368 e. The molecular weight excluding hydrogens is 212 g/mol. The van der Waals surface area contributed by atoms with E-state index in [9.17, 15) is 0 Å². The molecule has 0 bridgehead atoms. The average molecular weight is 219 g/mol. The van der Waals surface area contributed by atoms with Crippen LogP contribution in [0, 0.1) is 0 Å². The van der Waals surface area contributed by atoms with Gasteiger partial charge in [-0.15, -0.1) is 0 Å². The molecule has 3 rings (SSSR count). The van der Waals surface area contributed by atoms with E-state index in [2.05, 4.69) is 15.0 Å². The van der Waals surface area contributed by atoms with Crippen LogP contribution >= 0.6 is 11.6 Å². The average Bonchev–Trinajstić information content (AvgIpc) is 2.57. The lowest BCUT2D eigenvalue weighted by atomic mass is 10.2. The van der Waals surface area contributed by atoms with Gasteiger partial charge in [-0.1, -0.05) is 29.8 Å². The standard InChI is InChI=1S/C10H7ClN4/c11-9-8-7(14-10(12)15-9)5-3-1-2-4-6(5)13-8/h1-4,13H,(H2,12,14,15). The number of para-hydroxylation sites is 1. The van der Waals surface area contributed by atoms with Crippen LogP contribution in [0.3, 0.4) is 0 Å². The minimum Gasteiger partial charge on any atom is -0.368 e. The molecule has 2 heterocycles. The van der Waals surface area contributed by atoms with E-state index in [1.54, 1.807) is 0 Å². The van der Waals surface area contributed by atoms with Gasteiger partial charge in [0.05, 0.1) is 0 Å². The third kappa shape index (κ3) is 1.15. The molecule has 74 valence electrons. The summed E-state index contributed by atoms with van der Waals surface area (Å²) in [5.74, 6) is 0.192. The Bertz CT molecular complexity index is 659. The first kappa shape index (κ1) is 8.49. The van der Waals surface area contributed by atoms with E-state index in [4.69, 9.17) is 17.3 Å². The van der Waals surface area contributed by atoms with Crippen LogP contribution < -0.4 is 5.73 Å². The molecule has 0 unspecified atom stereocenters. The summed E-state index contributed by atoms with van der Waals surface area (Å²) >= 11 is 5.97. The van der Waals surface area contributed by atoms with Crippen LogP contribution in [0.2, 0.25) is 5.15 Å². The first-order valence-corrected chi connectivity index (χ1v) is 4.83. The minimum atomic E-state index is 0.192. The van der Waals surface area contributed by atoms with Gasteiger partial charge in [-0.3, -0.25) is 0 Å². The van der Waals surface area contributed by atoms with Crippen molar-refractivity contribution < 1.29 is 0 Å². The summed E-state index contributed by atoms with van der Waals surface area (Å²) in [5.41, 5.74) is 8.03. The maximum absolute atomic E-state index is 5.97. The lowest BCUT2D eigenvalue weighted by Gasteiger charge is -1.94. The lowest BCUT2D eigenvalue weighted by Crippen LogP contribution is -1.94. The highest BCUT2D eigenvalue weighted by molar-refractivity contribution is 6.34. The number of hydrogen-bond donors (Lipinski definition) is 2. The second kappa shape index (κ2) is 2.84. The zero-order valence-corrected chi connectivity index (χ0v) is 8.42. The van der Waals surface area contributed by atoms with Crippen molar-refractivity contribution in [2.45, 2.75) is 0 Å². The monoisotopic (exact) mass is 218 g/mol. The van der Waals surface area contributed by atoms with E-state index >= 15 is 0 Å². The highest BCUT2D eigenvalue weighted by atomic mass is 35.5. The van der Waals surface area contributed by atoms with Crippen LogP contribution in [0.4, 0.5) is 5.95 Å². The van der Waals surface area contributed by atoms with Crippen molar-refractivity contribution in [2.75, 3.05) is 5.73 Å². The summed E-state index contributed by atoms with van der Waals surface area (Å²) in [7, 11) is 0. The molecule has 3 N–H and O–H groups in total. The van der Waals surface area contributed by atoms with E-state index in [0.717, 1.165) is 21.9 Å². The molecule has 0 aliphatic rings. The van der Waals surface area contributed by atoms with Crippen LogP contribution in [-0.2, 0) is 0 Å². The molecule has 0 saturated heterocycles. The number of benzene rings is 1. The number of H-pyrrole nitrogens is 1. The first-order chi connectivity index (χ1) is 7.25. The Balaban J connectivity index is 2.61. The highest BCUT2D eigenvalue weighted by Gasteiger charge is 2.09. The molecule has 0 amide bonds. The molecule has 0 aliphatic carbocycles. The summed E-state index contributed by atoms with van der Waals surface area (Å²) in [6.45, 7) is 0. The topological polar surface area (TPSA) is 67.6 Å². The third-order valence-electron chi connectivity index (χ3n) is 2.32. The normalized spacial score (nSPS) is 11.3. The summed E-state index contributed by atoms with van der Waals surface area (Å²) in [4.78, 5) is 11.2. The fourth-order valence-corrected chi connectivity index (χ4v) is 1.91. The van der Waals surface area contributed by atoms with Gasteiger partial charge in [0, 0.05) is 10.9 Å². The minimum absolute atomic E-state index is 0.192. The van der Waals surface area contributed by atoms with E-state index in [1.165, 1.54) is 0 Å². The smallest absolute Gasteiger partial charge is 0.222 e. The number of nitrogen functional groups attached to an aromatic ring is 1. The van der Waals surface area contributed by atoms with Crippen LogP contribution in [0.15, 0.2) is 24.3 Å². The predicted molar refractivity (Wildman–Crippen MR) is 60.8 cm³/mol. The van der Waals surface area contributed by atoms with Gasteiger partial charge in [-0.2, -0.15) is 4.98 Å². The van der Waals surface area contributed by atoms with Gasteiger partial charge < -0.3 is 10.7 Å². The van der Waals surface area contributed by atoms with Gasteiger partial charge in [0.1, 0.15) is 11.0 Å². The number of aromatic amines is 1. The SMILES string of the molecule is Nc1nc(Cl)c2[nH]c3ccccc3c2n1. The number of halogens is 1. The second-order valence-electron chi connectivity index (χ2n) is 3.27. The molecule has 15 heavy (non-hydrogen) atoms. The number of nitrogens with two attached hydrogens (primary N) is 1. The first-order valence-electron chi connectivity index (χ1n) is 4.45. The van der Waals surface area contributed by atoms with Crippen molar-refractivity contribution in [1.29, 1.82) is 0 Å². The number of rotatable bonds is 0. The van der Waals surface area contributed by atoms with E-state index < -0.39 is 0 Å². The summed E-state index contributed by atoms with van der Waals surface area (Å²) < 4.78 is 0. The van der Waals surface area contributed by atoms with Gasteiger partial charge in [-0.25, -0.2) is 4.98 Å². The van der Waals surface area contributed by atoms with Gasteiger partial charge in [-0.05, 0) is 6.07 Å². The Morgan fingerprint density at radius 1 is 1.20 bits per heavy atom. The van der Waals surface area contributed by atoms with Crippen LogP contribution in [0.5, 0.6) is 0 Å². The second-order valence-corrected chi connectivity index (χ2v) is 3.62. The quantitative estimate of drug-likeness (QED) is 0.569. The Morgan fingerprint density at radius 2 is 2.00 bits per heavy atom. The number of nitrogens with zero attached hydrogens (tertiary/aromatic N) is 2. The summed E-state index contributed by atoms with van der Waals surface area (Å²) in [5, 5.41) is 1.36. The van der Waals surface area contributed by atoms with Gasteiger partial charge >= 0.3 is 0 Å². The lowest BCUT2D eigenvalue weighted by molar-refractivity contribution is 1.24. The van der Waals surface area contributed by atoms with E-state index in [0.29, 0.717) is 5.15 Å². The fraction of sp³-hybridized carbons (Fsp3) is 0. The number of aromatic nitrogens is 3. The number of anilines is 1. The molecular formula is C10H7ClN4. The molecule has 3 aromatic rings. The van der Waals surface area contributed by atoms with Crippen LogP contribution in [-0.4, -0.2) is 15.0 Å². The maximum Gasteiger partial charge on any atom is 0.222 e. The fourth-order valence-electron chi connectivity index (χ4n) is 1.69. The van der Waals surface area contributed by atoms with Crippen molar-refractivity contribution in [3.05, 3.63) is 29.4 Å². The predicted octanol–water partition coefficient (Wildman–Crippen LogP) is 2.35. The summed E-state index contributed by atoms with van der Waals surface area (Å²) in [6.07, 6.45) is 0. The molecule has 0 aliphatic heterocycles. The van der Waals surface area contributed by atoms with Gasteiger partial charge in [0.15, 0.2) is 5.15 Å². The zero-order chi connectivity index (χ0) is 10.4. The molecule has 0 spiro atoms. The van der Waals surface area contributed by atoms with E-state index in [1.807, 2.05) is 24.3 Å². The number of nitrogens with one attached hydrogen (secondary N) is 1. The van der Waals surface area contributed by atoms with E-state index in [-0.39, 0.29) is 5.95 Å². The van der Waals surface area contributed by atoms with Gasteiger partial charge in [0.2, 0.25) is 5.95 Å². The Kier molecular flexibility index (Phi) is 1.61. The van der Waals surface area contributed by atoms with Gasteiger partial charge in [0.25, 0.3) is 0 Å². The Morgan fingerprint density at radius 3 is 2.87 bits per heavy atom. The third-order valence-corrected chi connectivity index (χ3v) is 2.60. The van der Waals surface area contributed by atoms with Crippen LogP contribution in [0.1, 0.15) is 0 Å². The zero-order valence-electron chi connectivity index (χ0n) is 7.66. The molecule has 0 saturated carbocycles. The van der Waals surface area contributed by atoms with Crippen molar-refractivity contribution in [3.8, 4) is 0 Å². The molecule has 0 radical (unpaired) electrons. The molecule has 0 atom stereocenters. The molecule has 0 fully saturated rings. The summed E-state index contributed by atoms with van der Waals surface area (Å²) in [6, 6.07) is 7.82. The number of fused-ring (bicyclic) bond motifs is 3. The van der Waals surface area contributed by atoms with Crippen LogP contribution in [0.25, 0.3) is 21.9 Å². The van der Waals surface area contributed by atoms with Crippen molar-refractivity contribution in [1.82, 2.24) is 15.0 Å². The van der Waals surface area contributed by atoms with Crippen molar-refractivity contribution >= 4 is 39.5 Å². The van der Waals surface area contributed by atoms with Crippen molar-refractivity contribution in [3.63, 3.8) is 0 Å². The van der Waals surface area contributed by atoms with Crippen molar-refractivity contribution in [2.24, 2.45) is 0 Å². The highest BCUT2D eigenvalue weighted by Crippen LogP contribution is 2.27. The Hall–Kier alpha value is -1.81.